The molecular formula is C31H30N2O5S. The molecule has 0 spiro atoms. The van der Waals surface area contributed by atoms with Gasteiger partial charge >= 0.3 is 5.97 Å². The van der Waals surface area contributed by atoms with Crippen LogP contribution in [0.5, 0.6) is 11.5 Å². The third-order valence-corrected chi connectivity index (χ3v) is 7.71. The molecule has 0 fully saturated rings. The van der Waals surface area contributed by atoms with Crippen LogP contribution in [0, 0.1) is 0 Å². The molecule has 200 valence electrons. The van der Waals surface area contributed by atoms with Crippen molar-refractivity contribution in [2.45, 2.75) is 32.7 Å². The summed E-state index contributed by atoms with van der Waals surface area (Å²) < 4.78 is 18.8. The number of fused-ring (bicyclic) bond motifs is 2. The Morgan fingerprint density at radius 3 is 2.49 bits per heavy atom. The van der Waals surface area contributed by atoms with E-state index in [1.165, 1.54) is 11.3 Å². The van der Waals surface area contributed by atoms with E-state index in [1.807, 2.05) is 73.7 Å². The number of hydrogen-bond donors (Lipinski definition) is 0. The first-order valence-electron chi connectivity index (χ1n) is 12.9. The summed E-state index contributed by atoms with van der Waals surface area (Å²) in [5.74, 6) is 0.844. The second kappa shape index (κ2) is 11.3. The normalized spacial score (nSPS) is 15.2. The number of allylic oxidation sites excluding steroid dienone is 1. The van der Waals surface area contributed by atoms with E-state index in [0.717, 1.165) is 34.1 Å². The molecule has 0 aliphatic carbocycles. The first-order chi connectivity index (χ1) is 19.0. The first-order valence-corrected chi connectivity index (χ1v) is 13.7. The van der Waals surface area contributed by atoms with Crippen LogP contribution >= 0.6 is 11.3 Å². The molecule has 3 aromatic carbocycles. The van der Waals surface area contributed by atoms with Crippen LogP contribution in [-0.2, 0) is 9.53 Å². The Morgan fingerprint density at radius 2 is 1.79 bits per heavy atom. The Hall–Kier alpha value is -4.17. The van der Waals surface area contributed by atoms with Crippen molar-refractivity contribution in [3.05, 3.63) is 103 Å². The molecule has 1 aliphatic heterocycles. The fourth-order valence-corrected chi connectivity index (χ4v) is 6.00. The van der Waals surface area contributed by atoms with Crippen molar-refractivity contribution >= 4 is 34.2 Å². The standard InChI is InChI=1S/C31H30N2O5S/c1-5-9-23-27(30(35)38-6-2)28(26-22-11-8-7-10-20(22)14-17-24(26)37-4)33-29(34)25(39-31(33)32-23)18-19-12-15-21(36-3)16-13-19/h7-8,10-18,28H,5-6,9H2,1-4H3/t28-/m0/s1. The fraction of sp³-hybridized carbons (Fsp3) is 0.258. The van der Waals surface area contributed by atoms with Gasteiger partial charge in [-0.15, -0.1) is 0 Å². The molecule has 1 atom stereocenters. The lowest BCUT2D eigenvalue weighted by atomic mass is 9.90. The quantitative estimate of drug-likeness (QED) is 0.300. The van der Waals surface area contributed by atoms with Crippen molar-refractivity contribution in [1.82, 2.24) is 4.57 Å². The van der Waals surface area contributed by atoms with Crippen LogP contribution in [0.3, 0.4) is 0 Å². The molecule has 1 aliphatic rings. The zero-order chi connectivity index (χ0) is 27.5. The van der Waals surface area contributed by atoms with Gasteiger partial charge in [-0.3, -0.25) is 9.36 Å². The predicted molar refractivity (Wildman–Crippen MR) is 153 cm³/mol. The molecule has 39 heavy (non-hydrogen) atoms. The number of carbonyl (C=O) groups excluding carboxylic acids is 1. The molecule has 2 heterocycles. The van der Waals surface area contributed by atoms with Gasteiger partial charge in [-0.1, -0.05) is 67.1 Å². The summed E-state index contributed by atoms with van der Waals surface area (Å²) in [6.45, 7) is 4.02. The lowest BCUT2D eigenvalue weighted by Crippen LogP contribution is -2.40. The average Bonchev–Trinajstić information content (AvgIpc) is 3.26. The van der Waals surface area contributed by atoms with Crippen molar-refractivity contribution in [2.75, 3.05) is 20.8 Å². The van der Waals surface area contributed by atoms with Crippen molar-refractivity contribution in [2.24, 2.45) is 4.99 Å². The topological polar surface area (TPSA) is 79.1 Å². The van der Waals surface area contributed by atoms with Gasteiger partial charge in [-0.05, 0) is 54.0 Å². The third-order valence-electron chi connectivity index (χ3n) is 6.73. The molecule has 0 N–H and O–H groups in total. The molecule has 1 aromatic heterocycles. The Kier molecular flexibility index (Phi) is 7.65. The van der Waals surface area contributed by atoms with E-state index >= 15 is 0 Å². The summed E-state index contributed by atoms with van der Waals surface area (Å²) in [7, 11) is 3.21. The van der Waals surface area contributed by atoms with Gasteiger partial charge in [0.2, 0.25) is 0 Å². The zero-order valence-corrected chi connectivity index (χ0v) is 23.2. The van der Waals surface area contributed by atoms with E-state index in [0.29, 0.717) is 32.8 Å². The Morgan fingerprint density at radius 1 is 1.03 bits per heavy atom. The highest BCUT2D eigenvalue weighted by Gasteiger charge is 2.37. The highest BCUT2D eigenvalue weighted by Crippen LogP contribution is 2.41. The maximum atomic E-state index is 14.1. The van der Waals surface area contributed by atoms with E-state index in [1.54, 1.807) is 25.7 Å². The van der Waals surface area contributed by atoms with Gasteiger partial charge in [0.1, 0.15) is 17.5 Å². The average molecular weight is 543 g/mol. The summed E-state index contributed by atoms with van der Waals surface area (Å²) in [5.41, 5.74) is 2.37. The number of benzene rings is 3. The van der Waals surface area contributed by atoms with Gasteiger partial charge in [0.15, 0.2) is 4.80 Å². The summed E-state index contributed by atoms with van der Waals surface area (Å²) in [6.07, 6.45) is 3.19. The number of esters is 1. The molecule has 0 saturated heterocycles. The molecule has 0 bridgehead atoms. The number of ether oxygens (including phenoxy) is 3. The number of methoxy groups -OCH3 is 2. The number of nitrogens with zero attached hydrogens (tertiary/aromatic N) is 2. The number of thiazole rings is 1. The molecular weight excluding hydrogens is 512 g/mol. The molecule has 0 unspecified atom stereocenters. The largest absolute Gasteiger partial charge is 0.497 e. The van der Waals surface area contributed by atoms with Gasteiger partial charge in [-0.2, -0.15) is 0 Å². The minimum absolute atomic E-state index is 0.211. The maximum Gasteiger partial charge on any atom is 0.338 e. The monoisotopic (exact) mass is 542 g/mol. The van der Waals surface area contributed by atoms with Gasteiger partial charge in [-0.25, -0.2) is 9.79 Å². The number of aromatic nitrogens is 1. The Bertz CT molecular complexity index is 1750. The molecule has 8 heteroatoms. The number of rotatable bonds is 8. The van der Waals surface area contributed by atoms with Gasteiger partial charge in [0, 0.05) is 5.56 Å². The summed E-state index contributed by atoms with van der Waals surface area (Å²) >= 11 is 1.31. The highest BCUT2D eigenvalue weighted by molar-refractivity contribution is 7.07. The number of carbonyl (C=O) groups is 1. The summed E-state index contributed by atoms with van der Waals surface area (Å²) in [5, 5.41) is 1.87. The molecule has 0 amide bonds. The van der Waals surface area contributed by atoms with Crippen LogP contribution in [-0.4, -0.2) is 31.4 Å². The van der Waals surface area contributed by atoms with Crippen LogP contribution in [0.1, 0.15) is 43.9 Å². The van der Waals surface area contributed by atoms with E-state index in [-0.39, 0.29) is 12.2 Å². The van der Waals surface area contributed by atoms with Crippen molar-refractivity contribution in [1.29, 1.82) is 0 Å². The van der Waals surface area contributed by atoms with Crippen LogP contribution in [0.15, 0.2) is 81.7 Å². The van der Waals surface area contributed by atoms with Crippen LogP contribution in [0.25, 0.3) is 16.8 Å². The predicted octanol–water partition coefficient (Wildman–Crippen LogP) is 4.75. The highest BCUT2D eigenvalue weighted by atomic mass is 32.1. The van der Waals surface area contributed by atoms with Gasteiger partial charge in [0.05, 0.1) is 36.6 Å². The molecule has 5 rings (SSSR count). The second-order valence-corrected chi connectivity index (χ2v) is 10.1. The number of hydrogen-bond acceptors (Lipinski definition) is 7. The minimum Gasteiger partial charge on any atom is -0.497 e. The van der Waals surface area contributed by atoms with Crippen LogP contribution in [0.4, 0.5) is 0 Å². The smallest absolute Gasteiger partial charge is 0.338 e. The van der Waals surface area contributed by atoms with Crippen LogP contribution in [0.2, 0.25) is 0 Å². The second-order valence-electron chi connectivity index (χ2n) is 9.09. The SMILES string of the molecule is CCCC1=C(C(=O)OCC)[C@H](c2c(OC)ccc3ccccc23)n2c(sc(=Cc3ccc(OC)cc3)c2=O)=N1. The van der Waals surface area contributed by atoms with Gasteiger partial charge < -0.3 is 14.2 Å². The molecule has 0 saturated carbocycles. The summed E-state index contributed by atoms with van der Waals surface area (Å²) in [4.78, 5) is 33.1. The van der Waals surface area contributed by atoms with Crippen LogP contribution < -0.4 is 24.4 Å². The van der Waals surface area contributed by atoms with Crippen molar-refractivity contribution < 1.29 is 19.0 Å². The fourth-order valence-electron chi connectivity index (χ4n) is 4.98. The summed E-state index contributed by atoms with van der Waals surface area (Å²) in [6, 6.07) is 18.5. The van der Waals surface area contributed by atoms with Crippen molar-refractivity contribution in [3.63, 3.8) is 0 Å². The third kappa shape index (κ3) is 4.88. The van der Waals surface area contributed by atoms with E-state index in [4.69, 9.17) is 19.2 Å². The molecule has 0 radical (unpaired) electrons. The van der Waals surface area contributed by atoms with E-state index in [9.17, 15) is 9.59 Å². The lowest BCUT2D eigenvalue weighted by Gasteiger charge is -2.28. The molecule has 4 aromatic rings. The Balaban J connectivity index is 1.85. The van der Waals surface area contributed by atoms with E-state index < -0.39 is 12.0 Å². The minimum atomic E-state index is -0.763. The Labute approximate surface area is 230 Å². The first kappa shape index (κ1) is 26.4. The van der Waals surface area contributed by atoms with E-state index in [2.05, 4.69) is 0 Å². The van der Waals surface area contributed by atoms with Gasteiger partial charge in [0.25, 0.3) is 5.56 Å². The zero-order valence-electron chi connectivity index (χ0n) is 22.4. The van der Waals surface area contributed by atoms with Crippen molar-refractivity contribution in [3.8, 4) is 11.5 Å². The maximum absolute atomic E-state index is 14.1. The lowest BCUT2D eigenvalue weighted by molar-refractivity contribution is -0.139. The molecule has 7 nitrogen and oxygen atoms in total.